The average Bonchev–Trinajstić information content (AvgIpc) is 2.93. The third kappa shape index (κ3) is 2.52. The van der Waals surface area contributed by atoms with Gasteiger partial charge in [0.25, 0.3) is 0 Å². The highest BCUT2D eigenvalue weighted by atomic mass is 16.3. The van der Waals surface area contributed by atoms with Crippen molar-refractivity contribution < 1.29 is 5.11 Å². The van der Waals surface area contributed by atoms with E-state index in [2.05, 4.69) is 9.97 Å². The Morgan fingerprint density at radius 2 is 1.74 bits per heavy atom. The van der Waals surface area contributed by atoms with E-state index in [1.54, 1.807) is 12.1 Å². The van der Waals surface area contributed by atoms with Gasteiger partial charge in [0.15, 0.2) is 5.82 Å². The zero-order valence-corrected chi connectivity index (χ0v) is 10.7. The lowest BCUT2D eigenvalue weighted by atomic mass is 10.0. The van der Waals surface area contributed by atoms with Crippen LogP contribution in [0.5, 0.6) is 5.75 Å². The number of nitrogen functional groups attached to an aromatic ring is 1. The largest absolute Gasteiger partial charge is 0.508 e. The van der Waals surface area contributed by atoms with Crippen LogP contribution in [0.1, 0.15) is 37.3 Å². The Labute approximate surface area is 112 Å². The molecule has 1 saturated carbocycles. The summed E-state index contributed by atoms with van der Waals surface area (Å²) in [7, 11) is 0. The number of aromatic nitrogens is 2. The summed E-state index contributed by atoms with van der Waals surface area (Å²) in [6, 6.07) is 8.78. The van der Waals surface area contributed by atoms with E-state index in [0.29, 0.717) is 17.6 Å². The van der Waals surface area contributed by atoms with Crippen molar-refractivity contribution in [2.75, 3.05) is 5.73 Å². The van der Waals surface area contributed by atoms with Crippen molar-refractivity contribution >= 4 is 5.82 Å². The molecule has 1 heterocycles. The molecule has 4 nitrogen and oxygen atoms in total. The van der Waals surface area contributed by atoms with Crippen LogP contribution in [0.15, 0.2) is 30.3 Å². The topological polar surface area (TPSA) is 72.0 Å². The zero-order valence-electron chi connectivity index (χ0n) is 10.7. The average molecular weight is 255 g/mol. The fourth-order valence-electron chi connectivity index (χ4n) is 2.66. The number of nitrogens with zero attached hydrogens (tertiary/aromatic N) is 2. The molecule has 0 bridgehead atoms. The monoisotopic (exact) mass is 255 g/mol. The van der Waals surface area contributed by atoms with Crippen LogP contribution in [0.3, 0.4) is 0 Å². The van der Waals surface area contributed by atoms with Gasteiger partial charge in [0.05, 0.1) is 0 Å². The smallest absolute Gasteiger partial charge is 0.161 e. The third-order valence-corrected chi connectivity index (χ3v) is 3.66. The normalized spacial score (nSPS) is 15.8. The minimum absolute atomic E-state index is 0.240. The minimum atomic E-state index is 0.240. The van der Waals surface area contributed by atoms with Crippen molar-refractivity contribution in [1.82, 2.24) is 9.97 Å². The lowest BCUT2D eigenvalue weighted by molar-refractivity contribution is 0.475. The fraction of sp³-hybridized carbons (Fsp3) is 0.333. The van der Waals surface area contributed by atoms with E-state index in [1.807, 2.05) is 18.2 Å². The predicted octanol–water partition coefficient (Wildman–Crippen LogP) is 3.09. The lowest BCUT2D eigenvalue weighted by Crippen LogP contribution is -2.03. The molecule has 0 spiro atoms. The number of nitrogens with two attached hydrogens (primary N) is 1. The lowest BCUT2D eigenvalue weighted by Gasteiger charge is -2.11. The van der Waals surface area contributed by atoms with Crippen LogP contribution in [0.2, 0.25) is 0 Å². The second-order valence-corrected chi connectivity index (χ2v) is 5.07. The molecule has 0 radical (unpaired) electrons. The van der Waals surface area contributed by atoms with Crippen LogP contribution in [0.4, 0.5) is 5.82 Å². The van der Waals surface area contributed by atoms with E-state index in [9.17, 15) is 5.11 Å². The standard InChI is InChI=1S/C15H17N3O/c16-14-9-13(10-3-1-2-4-10)17-15(18-14)11-5-7-12(19)8-6-11/h5-10,19H,1-4H2,(H2,16,17,18). The van der Waals surface area contributed by atoms with Crippen LogP contribution in [0.25, 0.3) is 11.4 Å². The Morgan fingerprint density at radius 3 is 2.42 bits per heavy atom. The molecule has 1 aliphatic rings. The fourth-order valence-corrected chi connectivity index (χ4v) is 2.66. The van der Waals surface area contributed by atoms with Crippen LogP contribution in [-0.2, 0) is 0 Å². The number of hydrogen-bond donors (Lipinski definition) is 2. The van der Waals surface area contributed by atoms with Crippen LogP contribution in [-0.4, -0.2) is 15.1 Å². The third-order valence-electron chi connectivity index (χ3n) is 3.66. The highest BCUT2D eigenvalue weighted by Crippen LogP contribution is 2.34. The van der Waals surface area contributed by atoms with E-state index < -0.39 is 0 Å². The first-order valence-electron chi connectivity index (χ1n) is 6.66. The number of phenolic OH excluding ortho intramolecular Hbond substituents is 1. The molecule has 3 N–H and O–H groups in total. The Balaban J connectivity index is 1.99. The molecule has 0 unspecified atom stereocenters. The number of hydrogen-bond acceptors (Lipinski definition) is 4. The van der Waals surface area contributed by atoms with Gasteiger partial charge in [-0.15, -0.1) is 0 Å². The zero-order chi connectivity index (χ0) is 13.2. The van der Waals surface area contributed by atoms with Crippen molar-refractivity contribution in [3.63, 3.8) is 0 Å². The second-order valence-electron chi connectivity index (χ2n) is 5.07. The Bertz CT molecular complexity index is 574. The molecule has 1 fully saturated rings. The molecule has 3 rings (SSSR count). The summed E-state index contributed by atoms with van der Waals surface area (Å²) in [6.45, 7) is 0. The van der Waals surface area contributed by atoms with Crippen LogP contribution < -0.4 is 5.73 Å². The summed E-state index contributed by atoms with van der Waals surface area (Å²) in [5, 5.41) is 9.32. The van der Waals surface area contributed by atoms with Gasteiger partial charge in [-0.2, -0.15) is 0 Å². The van der Waals surface area contributed by atoms with E-state index in [1.165, 1.54) is 25.7 Å². The molecular formula is C15H17N3O. The van der Waals surface area contributed by atoms with Crippen molar-refractivity contribution in [3.05, 3.63) is 36.0 Å². The molecule has 2 aromatic rings. The second kappa shape index (κ2) is 4.88. The number of benzene rings is 1. The Hall–Kier alpha value is -2.10. The Morgan fingerprint density at radius 1 is 1.05 bits per heavy atom. The van der Waals surface area contributed by atoms with E-state index >= 15 is 0 Å². The molecule has 1 aromatic heterocycles. The maximum atomic E-state index is 9.32. The summed E-state index contributed by atoms with van der Waals surface area (Å²) in [4.78, 5) is 8.93. The summed E-state index contributed by atoms with van der Waals surface area (Å²) in [6.07, 6.45) is 4.91. The predicted molar refractivity (Wildman–Crippen MR) is 74.8 cm³/mol. The summed E-state index contributed by atoms with van der Waals surface area (Å²) in [5.74, 6) is 1.91. The molecular weight excluding hydrogens is 238 g/mol. The highest BCUT2D eigenvalue weighted by Gasteiger charge is 2.19. The van der Waals surface area contributed by atoms with E-state index in [-0.39, 0.29) is 5.75 Å². The molecule has 98 valence electrons. The van der Waals surface area contributed by atoms with Crippen LogP contribution in [0, 0.1) is 0 Å². The molecule has 0 atom stereocenters. The van der Waals surface area contributed by atoms with E-state index in [4.69, 9.17) is 5.73 Å². The first-order chi connectivity index (χ1) is 9.22. The molecule has 0 amide bonds. The van der Waals surface area contributed by atoms with Gasteiger partial charge in [0.1, 0.15) is 11.6 Å². The maximum absolute atomic E-state index is 9.32. The van der Waals surface area contributed by atoms with Gasteiger partial charge in [-0.1, -0.05) is 12.8 Å². The van der Waals surface area contributed by atoms with Gasteiger partial charge in [-0.05, 0) is 37.1 Å². The summed E-state index contributed by atoms with van der Waals surface area (Å²) >= 11 is 0. The molecule has 1 aromatic carbocycles. The molecule has 19 heavy (non-hydrogen) atoms. The van der Waals surface area contributed by atoms with E-state index in [0.717, 1.165) is 11.3 Å². The first kappa shape index (κ1) is 12.0. The number of anilines is 1. The van der Waals surface area contributed by atoms with Crippen molar-refractivity contribution in [2.24, 2.45) is 0 Å². The van der Waals surface area contributed by atoms with Crippen molar-refractivity contribution in [1.29, 1.82) is 0 Å². The van der Waals surface area contributed by atoms with Gasteiger partial charge < -0.3 is 10.8 Å². The van der Waals surface area contributed by atoms with Crippen molar-refractivity contribution in [3.8, 4) is 17.1 Å². The van der Waals surface area contributed by atoms with Gasteiger partial charge in [0, 0.05) is 23.2 Å². The molecule has 1 aliphatic carbocycles. The number of phenols is 1. The summed E-state index contributed by atoms with van der Waals surface area (Å²) in [5.41, 5.74) is 7.82. The van der Waals surface area contributed by atoms with Gasteiger partial charge in [-0.3, -0.25) is 0 Å². The van der Waals surface area contributed by atoms with Gasteiger partial charge in [-0.25, -0.2) is 9.97 Å². The minimum Gasteiger partial charge on any atom is -0.508 e. The maximum Gasteiger partial charge on any atom is 0.161 e. The molecule has 4 heteroatoms. The SMILES string of the molecule is Nc1cc(C2CCCC2)nc(-c2ccc(O)cc2)n1. The number of aromatic hydroxyl groups is 1. The van der Waals surface area contributed by atoms with Crippen LogP contribution >= 0.6 is 0 Å². The number of rotatable bonds is 2. The van der Waals surface area contributed by atoms with Gasteiger partial charge in [0.2, 0.25) is 0 Å². The highest BCUT2D eigenvalue weighted by molar-refractivity contribution is 5.58. The first-order valence-corrected chi connectivity index (χ1v) is 6.66. The quantitative estimate of drug-likeness (QED) is 0.865. The molecule has 0 aliphatic heterocycles. The van der Waals surface area contributed by atoms with Gasteiger partial charge >= 0.3 is 0 Å². The molecule has 0 saturated heterocycles. The van der Waals surface area contributed by atoms with Crippen molar-refractivity contribution in [2.45, 2.75) is 31.6 Å². The summed E-state index contributed by atoms with van der Waals surface area (Å²) < 4.78 is 0. The Kier molecular flexibility index (Phi) is 3.07.